The molecule has 1 aliphatic rings. The Bertz CT molecular complexity index is 1310. The van der Waals surface area contributed by atoms with Crippen molar-refractivity contribution >= 4 is 28.6 Å². The van der Waals surface area contributed by atoms with Gasteiger partial charge in [-0.15, -0.1) is 0 Å². The summed E-state index contributed by atoms with van der Waals surface area (Å²) < 4.78 is 5.38. The summed E-state index contributed by atoms with van der Waals surface area (Å²) >= 11 is 0. The Kier molecular flexibility index (Phi) is 5.15. The first kappa shape index (κ1) is 19.9. The molecule has 0 saturated carbocycles. The lowest BCUT2D eigenvalue weighted by atomic mass is 10.0. The van der Waals surface area contributed by atoms with Gasteiger partial charge in [0.05, 0.1) is 33.6 Å². The van der Waals surface area contributed by atoms with Crippen LogP contribution in [0.25, 0.3) is 22.4 Å². The molecule has 1 fully saturated rings. The Labute approximate surface area is 185 Å². The number of nitrogens with one attached hydrogen (secondary N) is 1. The van der Waals surface area contributed by atoms with E-state index < -0.39 is 0 Å². The van der Waals surface area contributed by atoms with E-state index in [1.807, 2.05) is 35.2 Å². The predicted molar refractivity (Wildman–Crippen MR) is 122 cm³/mol. The maximum Gasteiger partial charge on any atom is 0.259 e. The van der Waals surface area contributed by atoms with Gasteiger partial charge in [0.15, 0.2) is 0 Å². The highest BCUT2D eigenvalue weighted by Gasteiger charge is 2.24. The minimum atomic E-state index is -0.345. The third-order valence-corrected chi connectivity index (χ3v) is 5.73. The molecule has 0 aliphatic carbocycles. The topological polar surface area (TPSA) is 88.3 Å². The molecule has 0 unspecified atom stereocenters. The van der Waals surface area contributed by atoms with Crippen molar-refractivity contribution in [2.45, 2.75) is 19.8 Å². The Morgan fingerprint density at radius 2 is 1.69 bits per heavy atom. The summed E-state index contributed by atoms with van der Waals surface area (Å²) in [4.78, 5) is 32.8. The number of pyridine rings is 1. The number of nitrogens with zero attached hydrogens (tertiary/aromatic N) is 3. The fraction of sp³-hybridized carbons (Fsp3) is 0.200. The van der Waals surface area contributed by atoms with Crippen LogP contribution >= 0.6 is 0 Å². The molecule has 160 valence electrons. The van der Waals surface area contributed by atoms with Gasteiger partial charge in [0.1, 0.15) is 0 Å². The number of anilines is 1. The van der Waals surface area contributed by atoms with Crippen molar-refractivity contribution < 1.29 is 14.1 Å². The summed E-state index contributed by atoms with van der Waals surface area (Å²) in [5, 5.41) is 7.50. The molecule has 2 aromatic carbocycles. The molecule has 0 radical (unpaired) electrons. The standard InChI is InChI=1S/C25H22N4O3/c1-16-22-19(15-21(27-24(22)32-28-16)17-9-3-2-4-10-17)23(30)26-20-12-6-5-11-18(20)25(31)29-13-7-8-14-29/h2-6,9-12,15H,7-8,13-14H2,1H3,(H,26,30). The van der Waals surface area contributed by atoms with Crippen molar-refractivity contribution in [3.05, 3.63) is 77.5 Å². The molecule has 1 N–H and O–H groups in total. The number of benzene rings is 2. The highest BCUT2D eigenvalue weighted by molar-refractivity contribution is 6.15. The first-order chi connectivity index (χ1) is 15.6. The maximum atomic E-state index is 13.4. The Balaban J connectivity index is 1.54. The molecule has 0 bridgehead atoms. The van der Waals surface area contributed by atoms with Crippen LogP contribution in [0.1, 0.15) is 39.3 Å². The van der Waals surface area contributed by atoms with Crippen LogP contribution < -0.4 is 5.32 Å². The molecule has 1 aliphatic heterocycles. The quantitative estimate of drug-likeness (QED) is 0.512. The molecule has 0 atom stereocenters. The summed E-state index contributed by atoms with van der Waals surface area (Å²) in [5.41, 5.74) is 3.72. The lowest BCUT2D eigenvalue weighted by Gasteiger charge is -2.18. The van der Waals surface area contributed by atoms with Crippen LogP contribution in [-0.2, 0) is 0 Å². The molecular weight excluding hydrogens is 404 g/mol. The Morgan fingerprint density at radius 3 is 2.47 bits per heavy atom. The normalized spacial score (nSPS) is 13.5. The van der Waals surface area contributed by atoms with Gasteiger partial charge >= 0.3 is 0 Å². The lowest BCUT2D eigenvalue weighted by Crippen LogP contribution is -2.28. The molecule has 5 rings (SSSR count). The SMILES string of the molecule is Cc1noc2nc(-c3ccccc3)cc(C(=O)Nc3ccccc3C(=O)N3CCCC3)c12. The lowest BCUT2D eigenvalue weighted by molar-refractivity contribution is 0.0794. The van der Waals surface area contributed by atoms with Gasteiger partial charge in [-0.1, -0.05) is 47.6 Å². The summed E-state index contributed by atoms with van der Waals surface area (Å²) in [6.07, 6.45) is 2.01. The maximum absolute atomic E-state index is 13.4. The molecule has 1 saturated heterocycles. The van der Waals surface area contributed by atoms with E-state index in [2.05, 4.69) is 15.5 Å². The van der Waals surface area contributed by atoms with E-state index in [0.29, 0.717) is 39.3 Å². The fourth-order valence-electron chi connectivity index (χ4n) is 4.09. The minimum Gasteiger partial charge on any atom is -0.339 e. The van der Waals surface area contributed by atoms with Crippen molar-refractivity contribution in [1.29, 1.82) is 0 Å². The Morgan fingerprint density at radius 1 is 0.969 bits per heavy atom. The first-order valence-corrected chi connectivity index (χ1v) is 10.6. The number of para-hydroxylation sites is 1. The van der Waals surface area contributed by atoms with Crippen LogP contribution in [0.3, 0.4) is 0 Å². The summed E-state index contributed by atoms with van der Waals surface area (Å²) in [6, 6.07) is 18.4. The van der Waals surface area contributed by atoms with Gasteiger partial charge in [0.2, 0.25) is 0 Å². The summed E-state index contributed by atoms with van der Waals surface area (Å²) in [6.45, 7) is 3.26. The van der Waals surface area contributed by atoms with E-state index in [-0.39, 0.29) is 11.8 Å². The summed E-state index contributed by atoms with van der Waals surface area (Å²) in [7, 11) is 0. The van der Waals surface area contributed by atoms with Crippen LogP contribution in [0.2, 0.25) is 0 Å². The van der Waals surface area contributed by atoms with Crippen molar-refractivity contribution in [2.24, 2.45) is 0 Å². The number of aryl methyl sites for hydroxylation is 1. The molecule has 32 heavy (non-hydrogen) atoms. The van der Waals surface area contributed by atoms with Gasteiger partial charge in [0.25, 0.3) is 17.5 Å². The Hall–Kier alpha value is -4.00. The minimum absolute atomic E-state index is 0.0654. The van der Waals surface area contributed by atoms with Gasteiger partial charge in [-0.05, 0) is 38.0 Å². The molecule has 2 amide bonds. The van der Waals surface area contributed by atoms with Crippen molar-refractivity contribution in [2.75, 3.05) is 18.4 Å². The van der Waals surface area contributed by atoms with E-state index in [0.717, 1.165) is 31.5 Å². The fourth-order valence-corrected chi connectivity index (χ4v) is 4.09. The van der Waals surface area contributed by atoms with E-state index in [9.17, 15) is 9.59 Å². The second-order valence-electron chi connectivity index (χ2n) is 7.87. The van der Waals surface area contributed by atoms with Crippen molar-refractivity contribution in [3.8, 4) is 11.3 Å². The van der Waals surface area contributed by atoms with E-state index >= 15 is 0 Å². The number of hydrogen-bond acceptors (Lipinski definition) is 5. The number of amides is 2. The number of fused-ring (bicyclic) bond motifs is 1. The van der Waals surface area contributed by atoms with Crippen molar-refractivity contribution in [3.63, 3.8) is 0 Å². The van der Waals surface area contributed by atoms with E-state index in [1.54, 1.807) is 37.3 Å². The molecular formula is C25H22N4O3. The second kappa shape index (κ2) is 8.26. The second-order valence-corrected chi connectivity index (χ2v) is 7.87. The molecule has 7 nitrogen and oxygen atoms in total. The number of carbonyl (C=O) groups excluding carboxylic acids is 2. The van der Waals surface area contributed by atoms with Gasteiger partial charge in [-0.3, -0.25) is 9.59 Å². The average Bonchev–Trinajstić information content (AvgIpc) is 3.49. The van der Waals surface area contributed by atoms with Crippen molar-refractivity contribution in [1.82, 2.24) is 15.0 Å². The van der Waals surface area contributed by atoms with E-state index in [4.69, 9.17) is 4.52 Å². The van der Waals surface area contributed by atoms with Gasteiger partial charge in [-0.25, -0.2) is 4.98 Å². The van der Waals surface area contributed by atoms with Crippen LogP contribution in [0.5, 0.6) is 0 Å². The molecule has 3 heterocycles. The smallest absolute Gasteiger partial charge is 0.259 e. The zero-order chi connectivity index (χ0) is 22.1. The molecule has 2 aromatic heterocycles. The van der Waals surface area contributed by atoms with E-state index in [1.165, 1.54) is 0 Å². The zero-order valence-corrected chi connectivity index (χ0v) is 17.7. The predicted octanol–water partition coefficient (Wildman–Crippen LogP) is 4.69. The number of hydrogen-bond donors (Lipinski definition) is 1. The number of rotatable bonds is 4. The van der Waals surface area contributed by atoms with Crippen LogP contribution in [0.15, 0.2) is 65.2 Å². The number of aromatic nitrogens is 2. The molecule has 0 spiro atoms. The zero-order valence-electron chi connectivity index (χ0n) is 17.7. The first-order valence-electron chi connectivity index (χ1n) is 10.6. The highest BCUT2D eigenvalue weighted by atomic mass is 16.5. The monoisotopic (exact) mass is 426 g/mol. The third-order valence-electron chi connectivity index (χ3n) is 5.73. The highest BCUT2D eigenvalue weighted by Crippen LogP contribution is 2.28. The molecule has 7 heteroatoms. The van der Waals surface area contributed by atoms with Gasteiger partial charge < -0.3 is 14.7 Å². The van der Waals surface area contributed by atoms with Gasteiger partial charge in [0, 0.05) is 18.7 Å². The summed E-state index contributed by atoms with van der Waals surface area (Å²) in [5.74, 6) is -0.410. The van der Waals surface area contributed by atoms with Gasteiger partial charge in [-0.2, -0.15) is 0 Å². The molecule has 4 aromatic rings. The third kappa shape index (κ3) is 3.62. The largest absolute Gasteiger partial charge is 0.339 e. The number of likely N-dealkylation sites (tertiary alicyclic amines) is 1. The van der Waals surface area contributed by atoms with Crippen LogP contribution in [-0.4, -0.2) is 39.9 Å². The average molecular weight is 426 g/mol. The van der Waals surface area contributed by atoms with Crippen LogP contribution in [0.4, 0.5) is 5.69 Å². The van der Waals surface area contributed by atoms with Crippen LogP contribution in [0, 0.1) is 6.92 Å². The number of carbonyl (C=O) groups is 2.